The average molecular weight is 440 g/mol. The van der Waals surface area contributed by atoms with Gasteiger partial charge in [0, 0.05) is 31.6 Å². The van der Waals surface area contributed by atoms with Crippen LogP contribution in [0.4, 0.5) is 0 Å². The van der Waals surface area contributed by atoms with E-state index in [0.29, 0.717) is 41.1 Å². The molecule has 4 rings (SSSR count). The highest BCUT2D eigenvalue weighted by Crippen LogP contribution is 2.34. The van der Waals surface area contributed by atoms with E-state index in [1.165, 1.54) is 11.5 Å². The summed E-state index contributed by atoms with van der Waals surface area (Å²) in [6.45, 7) is 2.49. The summed E-state index contributed by atoms with van der Waals surface area (Å²) in [5.74, 6) is 0.705. The Hall–Kier alpha value is -3.66. The summed E-state index contributed by atoms with van der Waals surface area (Å²) in [4.78, 5) is 39.1. The lowest BCUT2D eigenvalue weighted by Gasteiger charge is -2.10. The fourth-order valence-corrected chi connectivity index (χ4v) is 3.50. The predicted octanol–water partition coefficient (Wildman–Crippen LogP) is 1.70. The van der Waals surface area contributed by atoms with Crippen molar-refractivity contribution in [3.63, 3.8) is 0 Å². The molecule has 2 aromatic carbocycles. The van der Waals surface area contributed by atoms with E-state index in [2.05, 4.69) is 15.6 Å². The van der Waals surface area contributed by atoms with E-state index in [1.54, 1.807) is 36.4 Å². The van der Waals surface area contributed by atoms with Crippen LogP contribution in [-0.2, 0) is 11.3 Å². The number of rotatable bonds is 6. The highest BCUT2D eigenvalue weighted by molar-refractivity contribution is 7.71. The summed E-state index contributed by atoms with van der Waals surface area (Å²) in [6, 6.07) is 10.3. The largest absolute Gasteiger partial charge is 0.454 e. The molecule has 0 unspecified atom stereocenters. The van der Waals surface area contributed by atoms with Crippen LogP contribution in [0.2, 0.25) is 0 Å². The van der Waals surface area contributed by atoms with E-state index in [4.69, 9.17) is 21.7 Å². The molecule has 9 nitrogen and oxygen atoms in total. The maximum Gasteiger partial charge on any atom is 0.262 e. The Morgan fingerprint density at radius 1 is 1.10 bits per heavy atom. The zero-order valence-electron chi connectivity index (χ0n) is 16.7. The van der Waals surface area contributed by atoms with Crippen molar-refractivity contribution in [1.82, 2.24) is 20.2 Å². The van der Waals surface area contributed by atoms with Crippen LogP contribution in [0.3, 0.4) is 0 Å². The van der Waals surface area contributed by atoms with E-state index in [1.807, 2.05) is 0 Å². The highest BCUT2D eigenvalue weighted by Gasteiger charge is 2.17. The molecular formula is C21H20N4O5S. The van der Waals surface area contributed by atoms with Gasteiger partial charge in [-0.15, -0.1) is 0 Å². The summed E-state index contributed by atoms with van der Waals surface area (Å²) in [7, 11) is 0. The fourth-order valence-electron chi connectivity index (χ4n) is 3.25. The van der Waals surface area contributed by atoms with Crippen molar-refractivity contribution < 1.29 is 19.1 Å². The van der Waals surface area contributed by atoms with Gasteiger partial charge in [-0.3, -0.25) is 19.0 Å². The topological polar surface area (TPSA) is 114 Å². The number of aromatic nitrogens is 2. The molecule has 2 amide bonds. The Kier molecular flexibility index (Phi) is 5.72. The summed E-state index contributed by atoms with van der Waals surface area (Å²) < 4.78 is 12.5. The van der Waals surface area contributed by atoms with Gasteiger partial charge in [0.1, 0.15) is 0 Å². The molecule has 3 N–H and O–H groups in total. The van der Waals surface area contributed by atoms with Gasteiger partial charge in [-0.05, 0) is 36.0 Å². The van der Waals surface area contributed by atoms with Gasteiger partial charge in [-0.2, -0.15) is 0 Å². The maximum absolute atomic E-state index is 13.0. The fraction of sp³-hybridized carbons (Fsp3) is 0.238. The first kappa shape index (κ1) is 20.6. The normalized spacial score (nSPS) is 12.0. The van der Waals surface area contributed by atoms with Crippen LogP contribution in [0.25, 0.3) is 10.9 Å². The maximum atomic E-state index is 13.0. The number of nitrogens with zero attached hydrogens (tertiary/aromatic N) is 1. The van der Waals surface area contributed by atoms with Crippen molar-refractivity contribution >= 4 is 34.9 Å². The Bertz CT molecular complexity index is 1280. The molecule has 1 aliphatic rings. The quantitative estimate of drug-likeness (QED) is 0.397. The minimum Gasteiger partial charge on any atom is -0.454 e. The van der Waals surface area contributed by atoms with Crippen molar-refractivity contribution in [2.45, 2.75) is 13.5 Å². The lowest BCUT2D eigenvalue weighted by Crippen LogP contribution is -2.33. The van der Waals surface area contributed by atoms with Crippen molar-refractivity contribution in [3.8, 4) is 11.5 Å². The molecule has 0 radical (unpaired) electrons. The van der Waals surface area contributed by atoms with Gasteiger partial charge in [-0.25, -0.2) is 0 Å². The number of hydrogen-bond donors (Lipinski definition) is 3. The first-order chi connectivity index (χ1) is 14.9. The molecule has 0 fully saturated rings. The van der Waals surface area contributed by atoms with Crippen molar-refractivity contribution in [3.05, 3.63) is 62.6 Å². The number of nitrogens with one attached hydrogen (secondary N) is 3. The van der Waals surface area contributed by atoms with Crippen LogP contribution in [-0.4, -0.2) is 41.2 Å². The molecular weight excluding hydrogens is 420 g/mol. The summed E-state index contributed by atoms with van der Waals surface area (Å²) in [5, 5.41) is 5.79. The molecule has 160 valence electrons. The standard InChI is InChI=1S/C21H20N4O5S/c1-12(26)22-6-7-23-19(27)14-4-2-13(3-5-14)10-25-20(28)15-8-17-18(30-11-29-17)9-16(15)24-21(25)31/h2-5,8-9H,6-7,10-11H2,1H3,(H,22,26)(H,23,27)(H,24,31). The number of ether oxygens (including phenoxy) is 2. The summed E-state index contributed by atoms with van der Waals surface area (Å²) in [5.41, 5.74) is 1.64. The smallest absolute Gasteiger partial charge is 0.262 e. The zero-order valence-corrected chi connectivity index (χ0v) is 17.5. The van der Waals surface area contributed by atoms with Gasteiger partial charge in [-0.1, -0.05) is 12.1 Å². The van der Waals surface area contributed by atoms with Gasteiger partial charge in [0.05, 0.1) is 17.4 Å². The van der Waals surface area contributed by atoms with Crippen LogP contribution in [0, 0.1) is 4.77 Å². The lowest BCUT2D eigenvalue weighted by molar-refractivity contribution is -0.118. The number of benzene rings is 2. The third kappa shape index (κ3) is 4.43. The van der Waals surface area contributed by atoms with Crippen molar-refractivity contribution in [2.24, 2.45) is 0 Å². The number of aromatic amines is 1. The third-order valence-electron chi connectivity index (χ3n) is 4.82. The van der Waals surface area contributed by atoms with E-state index < -0.39 is 0 Å². The highest BCUT2D eigenvalue weighted by atomic mass is 32.1. The van der Waals surface area contributed by atoms with Gasteiger partial charge >= 0.3 is 0 Å². The van der Waals surface area contributed by atoms with E-state index in [9.17, 15) is 14.4 Å². The van der Waals surface area contributed by atoms with Crippen molar-refractivity contribution in [2.75, 3.05) is 19.9 Å². The van der Waals surface area contributed by atoms with Crippen LogP contribution in [0.15, 0.2) is 41.2 Å². The number of carbonyl (C=O) groups excluding carboxylic acids is 2. The Morgan fingerprint density at radius 3 is 2.48 bits per heavy atom. The second-order valence-electron chi connectivity index (χ2n) is 7.01. The minimum absolute atomic E-state index is 0.119. The molecule has 0 bridgehead atoms. The first-order valence-electron chi connectivity index (χ1n) is 9.60. The van der Waals surface area contributed by atoms with E-state index in [0.717, 1.165) is 5.56 Å². The number of amides is 2. The molecule has 3 aromatic rings. The van der Waals surface area contributed by atoms with Gasteiger partial charge < -0.3 is 25.1 Å². The summed E-state index contributed by atoms with van der Waals surface area (Å²) >= 11 is 5.38. The summed E-state index contributed by atoms with van der Waals surface area (Å²) in [6.07, 6.45) is 0. The second kappa shape index (κ2) is 8.60. The van der Waals surface area contributed by atoms with Crippen LogP contribution in [0.5, 0.6) is 11.5 Å². The first-order valence-corrected chi connectivity index (χ1v) is 10.0. The Labute approximate surface area is 182 Å². The molecule has 0 saturated heterocycles. The monoisotopic (exact) mass is 440 g/mol. The SMILES string of the molecule is CC(=O)NCCNC(=O)c1ccc(Cn2c(=S)[nH]c3cc4c(cc3c2=O)OCO4)cc1. The van der Waals surface area contributed by atoms with Gasteiger partial charge in [0.25, 0.3) is 11.5 Å². The minimum atomic E-state index is -0.242. The van der Waals surface area contributed by atoms with Crippen molar-refractivity contribution in [1.29, 1.82) is 0 Å². The number of H-pyrrole nitrogens is 1. The molecule has 10 heteroatoms. The molecule has 0 aliphatic carbocycles. The average Bonchev–Trinajstić information content (AvgIpc) is 3.20. The van der Waals surface area contributed by atoms with E-state index >= 15 is 0 Å². The number of hydrogen-bond acceptors (Lipinski definition) is 6. The van der Waals surface area contributed by atoms with Gasteiger partial charge in [0.15, 0.2) is 16.3 Å². The van der Waals surface area contributed by atoms with Gasteiger partial charge in [0.2, 0.25) is 12.7 Å². The predicted molar refractivity (Wildman–Crippen MR) is 116 cm³/mol. The molecule has 2 heterocycles. The molecule has 0 spiro atoms. The number of carbonyl (C=O) groups is 2. The van der Waals surface area contributed by atoms with Crippen LogP contribution in [0.1, 0.15) is 22.8 Å². The molecule has 1 aromatic heterocycles. The Morgan fingerprint density at radius 2 is 1.77 bits per heavy atom. The molecule has 0 atom stereocenters. The van der Waals surface area contributed by atoms with E-state index in [-0.39, 0.29) is 35.5 Å². The Balaban J connectivity index is 1.51. The third-order valence-corrected chi connectivity index (χ3v) is 5.14. The van der Waals surface area contributed by atoms with Crippen LogP contribution >= 0.6 is 12.2 Å². The molecule has 31 heavy (non-hydrogen) atoms. The van der Waals surface area contributed by atoms with Crippen LogP contribution < -0.4 is 25.7 Å². The molecule has 1 aliphatic heterocycles. The lowest BCUT2D eigenvalue weighted by atomic mass is 10.1. The number of fused-ring (bicyclic) bond motifs is 2. The zero-order chi connectivity index (χ0) is 22.0. The second-order valence-corrected chi connectivity index (χ2v) is 7.39. The molecule has 0 saturated carbocycles.